The molecule has 0 unspecified atom stereocenters. The highest BCUT2D eigenvalue weighted by molar-refractivity contribution is 9.11. The van der Waals surface area contributed by atoms with Gasteiger partial charge >= 0.3 is 0 Å². The van der Waals surface area contributed by atoms with E-state index in [-0.39, 0.29) is 11.8 Å². The van der Waals surface area contributed by atoms with Crippen LogP contribution in [0.2, 0.25) is 0 Å². The molecule has 0 radical (unpaired) electrons. The van der Waals surface area contributed by atoms with Gasteiger partial charge < -0.3 is 10.6 Å². The molecular weight excluding hydrogens is 376 g/mol. The zero-order valence-electron chi connectivity index (χ0n) is 12.5. The summed E-state index contributed by atoms with van der Waals surface area (Å²) in [6, 6.07) is 10.9. The molecule has 2 amide bonds. The van der Waals surface area contributed by atoms with Crippen molar-refractivity contribution in [2.75, 3.05) is 5.32 Å². The van der Waals surface area contributed by atoms with E-state index in [1.807, 2.05) is 6.07 Å². The Morgan fingerprint density at radius 3 is 2.30 bits per heavy atom. The first-order valence-electron chi connectivity index (χ1n) is 7.59. The molecule has 1 heterocycles. The molecule has 1 saturated carbocycles. The van der Waals surface area contributed by atoms with Crippen molar-refractivity contribution in [2.45, 2.75) is 31.7 Å². The molecule has 1 aliphatic carbocycles. The molecule has 0 atom stereocenters. The molecule has 0 aliphatic heterocycles. The van der Waals surface area contributed by atoms with E-state index in [0.29, 0.717) is 22.2 Å². The molecule has 0 spiro atoms. The van der Waals surface area contributed by atoms with Crippen LogP contribution in [0.5, 0.6) is 0 Å². The van der Waals surface area contributed by atoms with Gasteiger partial charge in [-0.3, -0.25) is 9.59 Å². The Kier molecular flexibility index (Phi) is 5.13. The zero-order valence-corrected chi connectivity index (χ0v) is 14.9. The lowest BCUT2D eigenvalue weighted by Gasteiger charge is -2.12. The number of amides is 2. The molecule has 2 aromatic rings. The number of thiophene rings is 1. The van der Waals surface area contributed by atoms with Gasteiger partial charge in [0.25, 0.3) is 11.8 Å². The topological polar surface area (TPSA) is 58.2 Å². The third-order valence-electron chi connectivity index (χ3n) is 3.89. The summed E-state index contributed by atoms with van der Waals surface area (Å²) in [4.78, 5) is 24.9. The first-order valence-corrected chi connectivity index (χ1v) is 9.20. The van der Waals surface area contributed by atoms with Crippen LogP contribution in [-0.4, -0.2) is 17.9 Å². The molecule has 3 rings (SSSR count). The molecule has 2 N–H and O–H groups in total. The van der Waals surface area contributed by atoms with Crippen molar-refractivity contribution in [3.63, 3.8) is 0 Å². The van der Waals surface area contributed by atoms with Gasteiger partial charge in [0, 0.05) is 17.3 Å². The van der Waals surface area contributed by atoms with Gasteiger partial charge in [-0.05, 0) is 65.2 Å². The van der Waals surface area contributed by atoms with Crippen molar-refractivity contribution in [3.05, 3.63) is 50.6 Å². The van der Waals surface area contributed by atoms with E-state index in [0.717, 1.165) is 16.6 Å². The van der Waals surface area contributed by atoms with Crippen LogP contribution in [0.15, 0.2) is 40.2 Å². The second-order valence-corrected chi connectivity index (χ2v) is 8.05. The van der Waals surface area contributed by atoms with Crippen molar-refractivity contribution >= 4 is 44.8 Å². The summed E-state index contributed by atoms with van der Waals surface area (Å²) in [5, 5.41) is 5.88. The Morgan fingerprint density at radius 1 is 1.00 bits per heavy atom. The van der Waals surface area contributed by atoms with Gasteiger partial charge in [0.15, 0.2) is 0 Å². The maximum Gasteiger partial charge on any atom is 0.265 e. The minimum Gasteiger partial charge on any atom is -0.349 e. The number of rotatable bonds is 4. The summed E-state index contributed by atoms with van der Waals surface area (Å²) < 4.78 is 0.918. The fourth-order valence-electron chi connectivity index (χ4n) is 2.67. The third-order valence-corrected chi connectivity index (χ3v) is 5.51. The van der Waals surface area contributed by atoms with Gasteiger partial charge in [-0.2, -0.15) is 0 Å². The first kappa shape index (κ1) is 16.2. The van der Waals surface area contributed by atoms with Crippen LogP contribution < -0.4 is 10.6 Å². The van der Waals surface area contributed by atoms with E-state index in [2.05, 4.69) is 26.6 Å². The Balaban J connectivity index is 1.60. The Hall–Kier alpha value is -1.66. The number of carbonyl (C=O) groups is 2. The smallest absolute Gasteiger partial charge is 0.265 e. The molecule has 1 aromatic carbocycles. The Morgan fingerprint density at radius 2 is 1.70 bits per heavy atom. The quantitative estimate of drug-likeness (QED) is 0.807. The highest BCUT2D eigenvalue weighted by atomic mass is 79.9. The minimum atomic E-state index is -0.149. The summed E-state index contributed by atoms with van der Waals surface area (Å²) in [7, 11) is 0. The molecule has 1 fully saturated rings. The summed E-state index contributed by atoms with van der Waals surface area (Å²) in [6.07, 6.45) is 4.51. The van der Waals surface area contributed by atoms with Crippen LogP contribution in [0.4, 0.5) is 5.69 Å². The van der Waals surface area contributed by atoms with Gasteiger partial charge in [0.2, 0.25) is 0 Å². The maximum atomic E-state index is 12.2. The second-order valence-electron chi connectivity index (χ2n) is 5.59. The van der Waals surface area contributed by atoms with Crippen LogP contribution in [0.25, 0.3) is 0 Å². The number of nitrogens with one attached hydrogen (secondary N) is 2. The van der Waals surface area contributed by atoms with E-state index in [4.69, 9.17) is 0 Å². The summed E-state index contributed by atoms with van der Waals surface area (Å²) in [6.45, 7) is 0. The van der Waals surface area contributed by atoms with Gasteiger partial charge in [-0.25, -0.2) is 0 Å². The van der Waals surface area contributed by atoms with Crippen LogP contribution in [-0.2, 0) is 0 Å². The summed E-state index contributed by atoms with van der Waals surface area (Å²) in [5.41, 5.74) is 1.30. The molecule has 4 nitrogen and oxygen atoms in total. The van der Waals surface area contributed by atoms with E-state index >= 15 is 0 Å². The van der Waals surface area contributed by atoms with Crippen molar-refractivity contribution in [2.24, 2.45) is 0 Å². The molecule has 120 valence electrons. The number of hydrogen-bond donors (Lipinski definition) is 2. The van der Waals surface area contributed by atoms with Gasteiger partial charge in [-0.1, -0.05) is 12.8 Å². The average Bonchev–Trinajstić information content (AvgIpc) is 3.19. The van der Waals surface area contributed by atoms with Crippen molar-refractivity contribution in [1.29, 1.82) is 0 Å². The normalized spacial score (nSPS) is 14.7. The number of hydrogen-bond acceptors (Lipinski definition) is 3. The highest BCUT2D eigenvalue weighted by Crippen LogP contribution is 2.23. The van der Waals surface area contributed by atoms with Gasteiger partial charge in [0.05, 0.1) is 8.66 Å². The summed E-state index contributed by atoms with van der Waals surface area (Å²) in [5.74, 6) is -0.194. The first-order chi connectivity index (χ1) is 11.1. The lowest BCUT2D eigenvalue weighted by Crippen LogP contribution is -2.32. The number of anilines is 1. The van der Waals surface area contributed by atoms with E-state index in [9.17, 15) is 9.59 Å². The number of halogens is 1. The molecule has 0 saturated heterocycles. The molecule has 23 heavy (non-hydrogen) atoms. The van der Waals surface area contributed by atoms with Gasteiger partial charge in [-0.15, -0.1) is 11.3 Å². The fraction of sp³-hybridized carbons (Fsp3) is 0.294. The molecule has 1 aliphatic rings. The number of carbonyl (C=O) groups excluding carboxylic acids is 2. The SMILES string of the molecule is O=C(NC1CCCC1)c1ccc(NC(=O)c2ccc(Br)s2)cc1. The largest absolute Gasteiger partial charge is 0.349 e. The fourth-order valence-corrected chi connectivity index (χ4v) is 3.95. The zero-order chi connectivity index (χ0) is 16.2. The predicted octanol–water partition coefficient (Wildman–Crippen LogP) is 4.44. The van der Waals surface area contributed by atoms with Crippen molar-refractivity contribution < 1.29 is 9.59 Å². The van der Waals surface area contributed by atoms with Crippen molar-refractivity contribution in [1.82, 2.24) is 5.32 Å². The maximum absolute atomic E-state index is 12.2. The van der Waals surface area contributed by atoms with Crippen LogP contribution in [0.3, 0.4) is 0 Å². The second kappa shape index (κ2) is 7.27. The van der Waals surface area contributed by atoms with Crippen LogP contribution in [0.1, 0.15) is 45.7 Å². The third kappa shape index (κ3) is 4.20. The number of benzene rings is 1. The van der Waals surface area contributed by atoms with Crippen molar-refractivity contribution in [3.8, 4) is 0 Å². The monoisotopic (exact) mass is 392 g/mol. The standard InChI is InChI=1S/C17H17BrN2O2S/c18-15-10-9-14(23-15)17(22)20-13-7-5-11(6-8-13)16(21)19-12-3-1-2-4-12/h5-10,12H,1-4H2,(H,19,21)(H,20,22). The predicted molar refractivity (Wildman–Crippen MR) is 96.1 cm³/mol. The molecule has 6 heteroatoms. The molecule has 0 bridgehead atoms. The van der Waals surface area contributed by atoms with Crippen LogP contribution in [0, 0.1) is 0 Å². The average molecular weight is 393 g/mol. The summed E-state index contributed by atoms with van der Waals surface area (Å²) >= 11 is 4.72. The van der Waals surface area contributed by atoms with E-state index in [1.54, 1.807) is 30.3 Å². The lowest BCUT2D eigenvalue weighted by molar-refractivity contribution is 0.0937. The minimum absolute atomic E-state index is 0.0445. The Labute approximate surface area is 147 Å². The Bertz CT molecular complexity index is 706. The van der Waals surface area contributed by atoms with E-state index < -0.39 is 0 Å². The molecule has 1 aromatic heterocycles. The lowest BCUT2D eigenvalue weighted by atomic mass is 10.1. The van der Waals surface area contributed by atoms with E-state index in [1.165, 1.54) is 24.2 Å². The van der Waals surface area contributed by atoms with Gasteiger partial charge in [0.1, 0.15) is 0 Å². The highest BCUT2D eigenvalue weighted by Gasteiger charge is 2.18. The van der Waals surface area contributed by atoms with Crippen LogP contribution >= 0.6 is 27.3 Å². The molecular formula is C17H17BrN2O2S.